The summed E-state index contributed by atoms with van der Waals surface area (Å²) in [5, 5.41) is 3.31. The van der Waals surface area contributed by atoms with Gasteiger partial charge in [-0.2, -0.15) is 0 Å². The van der Waals surface area contributed by atoms with E-state index in [0.717, 1.165) is 39.0 Å². The Balaban J connectivity index is 1.62. The van der Waals surface area contributed by atoms with Gasteiger partial charge in [0.05, 0.1) is 19.1 Å². The summed E-state index contributed by atoms with van der Waals surface area (Å²) >= 11 is 0. The average Bonchev–Trinajstić information content (AvgIpc) is 2.71. The Kier molecular flexibility index (Phi) is 5.01. The van der Waals surface area contributed by atoms with Crippen molar-refractivity contribution in [2.45, 2.75) is 39.2 Å². The van der Waals surface area contributed by atoms with Crippen LogP contribution < -0.4 is 5.32 Å². The van der Waals surface area contributed by atoms with Gasteiger partial charge in [0.25, 0.3) is 0 Å². The van der Waals surface area contributed by atoms with E-state index in [1.807, 2.05) is 4.90 Å². The number of piperidine rings is 1. The Morgan fingerprint density at radius 1 is 1.22 bits per heavy atom. The van der Waals surface area contributed by atoms with Crippen molar-refractivity contribution in [2.75, 3.05) is 32.8 Å². The molecule has 0 radical (unpaired) electrons. The summed E-state index contributed by atoms with van der Waals surface area (Å²) in [5.74, 6) is 1.54. The summed E-state index contributed by atoms with van der Waals surface area (Å²) in [4.78, 5) is 14.0. The van der Waals surface area contributed by atoms with Crippen molar-refractivity contribution in [3.63, 3.8) is 0 Å². The fraction of sp³-hybridized carbons (Fsp3) is 0.929. The summed E-state index contributed by atoms with van der Waals surface area (Å²) in [6.45, 7) is 8.97. The first-order valence-corrected chi connectivity index (χ1v) is 7.27. The minimum atomic E-state index is 0.264. The molecule has 4 heteroatoms. The number of carbonyl (C=O) groups excluding carboxylic acids is 1. The van der Waals surface area contributed by atoms with Crippen LogP contribution in [0.15, 0.2) is 0 Å². The van der Waals surface area contributed by atoms with Crippen LogP contribution >= 0.6 is 0 Å². The number of likely N-dealkylation sites (tertiary alicyclic amines) is 1. The summed E-state index contributed by atoms with van der Waals surface area (Å²) in [6, 6.07) is 0. The molecular weight excluding hydrogens is 228 g/mol. The van der Waals surface area contributed by atoms with Gasteiger partial charge in [-0.25, -0.2) is 0 Å². The quantitative estimate of drug-likeness (QED) is 0.821. The van der Waals surface area contributed by atoms with E-state index in [1.54, 1.807) is 0 Å². The van der Waals surface area contributed by atoms with Gasteiger partial charge in [-0.05, 0) is 37.8 Å². The molecule has 2 unspecified atom stereocenters. The first-order chi connectivity index (χ1) is 8.66. The van der Waals surface area contributed by atoms with Crippen LogP contribution in [0.4, 0.5) is 0 Å². The maximum absolute atomic E-state index is 12.0. The summed E-state index contributed by atoms with van der Waals surface area (Å²) in [5.41, 5.74) is 0. The molecule has 0 aromatic rings. The Bertz CT molecular complexity index is 267. The number of nitrogens with one attached hydrogen (secondary N) is 1. The lowest BCUT2D eigenvalue weighted by Gasteiger charge is -2.23. The Morgan fingerprint density at radius 2 is 1.83 bits per heavy atom. The molecule has 4 nitrogen and oxygen atoms in total. The maximum Gasteiger partial charge on any atom is 0.224 e. The normalized spacial score (nSPS) is 29.8. The van der Waals surface area contributed by atoms with Gasteiger partial charge < -0.3 is 15.0 Å². The maximum atomic E-state index is 12.0. The highest BCUT2D eigenvalue weighted by Crippen LogP contribution is 2.22. The van der Waals surface area contributed by atoms with E-state index in [9.17, 15) is 4.79 Å². The monoisotopic (exact) mass is 254 g/mol. The molecule has 18 heavy (non-hydrogen) atoms. The molecule has 0 saturated carbocycles. The molecule has 0 aliphatic carbocycles. The summed E-state index contributed by atoms with van der Waals surface area (Å²) in [6.07, 6.45) is 3.05. The van der Waals surface area contributed by atoms with Crippen LogP contribution in [0.25, 0.3) is 0 Å². The number of amides is 1. The smallest absolute Gasteiger partial charge is 0.224 e. The highest BCUT2D eigenvalue weighted by molar-refractivity contribution is 5.76. The van der Waals surface area contributed by atoms with Gasteiger partial charge in [0, 0.05) is 13.1 Å². The van der Waals surface area contributed by atoms with Crippen LogP contribution in [0.2, 0.25) is 0 Å². The second kappa shape index (κ2) is 6.53. The zero-order valence-corrected chi connectivity index (χ0v) is 11.7. The lowest BCUT2D eigenvalue weighted by atomic mass is 10.0. The lowest BCUT2D eigenvalue weighted by Crippen LogP contribution is -2.34. The molecule has 2 rings (SSSR count). The molecule has 2 fully saturated rings. The van der Waals surface area contributed by atoms with Crippen molar-refractivity contribution in [1.29, 1.82) is 0 Å². The van der Waals surface area contributed by atoms with Crippen LogP contribution in [0.1, 0.15) is 33.1 Å². The van der Waals surface area contributed by atoms with E-state index in [0.29, 0.717) is 31.0 Å². The fourth-order valence-electron chi connectivity index (χ4n) is 2.77. The van der Waals surface area contributed by atoms with E-state index in [2.05, 4.69) is 19.2 Å². The van der Waals surface area contributed by atoms with Crippen LogP contribution in [-0.4, -0.2) is 49.7 Å². The zero-order valence-electron chi connectivity index (χ0n) is 11.7. The molecule has 1 N–H and O–H groups in total. The second-order valence-corrected chi connectivity index (χ2v) is 5.82. The summed E-state index contributed by atoms with van der Waals surface area (Å²) < 4.78 is 5.78. The predicted octanol–water partition coefficient (Wildman–Crippen LogP) is 1.26. The first-order valence-electron chi connectivity index (χ1n) is 7.27. The number of ether oxygens (including phenoxy) is 1. The molecule has 0 aromatic carbocycles. The highest BCUT2D eigenvalue weighted by atomic mass is 16.5. The third-order valence-corrected chi connectivity index (χ3v) is 4.30. The van der Waals surface area contributed by atoms with Crippen molar-refractivity contribution in [1.82, 2.24) is 10.2 Å². The molecule has 2 aliphatic heterocycles. The van der Waals surface area contributed by atoms with Crippen LogP contribution in [0.3, 0.4) is 0 Å². The van der Waals surface area contributed by atoms with E-state index >= 15 is 0 Å². The Hall–Kier alpha value is -0.610. The molecule has 1 amide bonds. The average molecular weight is 254 g/mol. The minimum absolute atomic E-state index is 0.264. The fourth-order valence-corrected chi connectivity index (χ4v) is 2.77. The van der Waals surface area contributed by atoms with E-state index in [-0.39, 0.29) is 5.91 Å². The number of rotatable bonds is 4. The molecule has 2 aliphatic rings. The number of hydrogen-bond acceptors (Lipinski definition) is 3. The molecule has 2 atom stereocenters. The number of nitrogens with zero attached hydrogens (tertiary/aromatic N) is 1. The van der Waals surface area contributed by atoms with Gasteiger partial charge in [-0.1, -0.05) is 13.8 Å². The highest BCUT2D eigenvalue weighted by Gasteiger charge is 2.29. The SMILES string of the molecule is CC1CN(C(=O)CCOC2CCNCC2)CC1C. The Labute approximate surface area is 110 Å². The molecular formula is C14H26N2O2. The molecule has 0 bridgehead atoms. The molecule has 0 aromatic heterocycles. The van der Waals surface area contributed by atoms with Crippen LogP contribution in [0.5, 0.6) is 0 Å². The topological polar surface area (TPSA) is 41.6 Å². The third-order valence-electron chi connectivity index (χ3n) is 4.30. The number of hydrogen-bond donors (Lipinski definition) is 1. The lowest BCUT2D eigenvalue weighted by molar-refractivity contribution is -0.132. The van der Waals surface area contributed by atoms with E-state index in [1.165, 1.54) is 0 Å². The largest absolute Gasteiger partial charge is 0.378 e. The molecule has 0 spiro atoms. The minimum Gasteiger partial charge on any atom is -0.378 e. The van der Waals surface area contributed by atoms with Crippen molar-refractivity contribution >= 4 is 5.91 Å². The first kappa shape index (κ1) is 13.8. The van der Waals surface area contributed by atoms with Crippen LogP contribution in [0, 0.1) is 11.8 Å². The van der Waals surface area contributed by atoms with Crippen LogP contribution in [-0.2, 0) is 9.53 Å². The third kappa shape index (κ3) is 3.69. The zero-order chi connectivity index (χ0) is 13.0. The predicted molar refractivity (Wildman–Crippen MR) is 71.4 cm³/mol. The van der Waals surface area contributed by atoms with Crippen molar-refractivity contribution in [2.24, 2.45) is 11.8 Å². The van der Waals surface area contributed by atoms with E-state index < -0.39 is 0 Å². The Morgan fingerprint density at radius 3 is 2.44 bits per heavy atom. The van der Waals surface area contributed by atoms with Gasteiger partial charge in [-0.15, -0.1) is 0 Å². The van der Waals surface area contributed by atoms with Gasteiger partial charge >= 0.3 is 0 Å². The van der Waals surface area contributed by atoms with Crippen molar-refractivity contribution < 1.29 is 9.53 Å². The molecule has 2 saturated heterocycles. The van der Waals surface area contributed by atoms with Gasteiger partial charge in [0.2, 0.25) is 5.91 Å². The molecule has 104 valence electrons. The van der Waals surface area contributed by atoms with Gasteiger partial charge in [0.15, 0.2) is 0 Å². The number of carbonyl (C=O) groups is 1. The second-order valence-electron chi connectivity index (χ2n) is 5.82. The molecule has 2 heterocycles. The van der Waals surface area contributed by atoms with Gasteiger partial charge in [0.1, 0.15) is 0 Å². The van der Waals surface area contributed by atoms with Crippen molar-refractivity contribution in [3.8, 4) is 0 Å². The summed E-state index contributed by atoms with van der Waals surface area (Å²) in [7, 11) is 0. The standard InChI is InChI=1S/C14H26N2O2/c1-11-9-16(10-12(11)2)14(17)5-8-18-13-3-6-15-7-4-13/h11-13,15H,3-10H2,1-2H3. The van der Waals surface area contributed by atoms with Crippen molar-refractivity contribution in [3.05, 3.63) is 0 Å². The van der Waals surface area contributed by atoms with E-state index in [4.69, 9.17) is 4.74 Å². The van der Waals surface area contributed by atoms with Gasteiger partial charge in [-0.3, -0.25) is 4.79 Å².